The minimum Gasteiger partial charge on any atom is -0.496 e. The number of hydrogen-bond acceptors (Lipinski definition) is 4. The van der Waals surface area contributed by atoms with Crippen LogP contribution < -0.4 is 9.46 Å². The number of halogens is 1. The Morgan fingerprint density at radius 3 is 2.58 bits per heavy atom. The predicted molar refractivity (Wildman–Crippen MR) is 72.7 cm³/mol. The quantitative estimate of drug-likeness (QED) is 0.811. The normalized spacial score (nSPS) is 13.0. The molecule has 1 rings (SSSR count). The van der Waals surface area contributed by atoms with E-state index in [1.54, 1.807) is 6.92 Å². The van der Waals surface area contributed by atoms with Gasteiger partial charge >= 0.3 is 5.97 Å². The van der Waals surface area contributed by atoms with Crippen LogP contribution in [0.25, 0.3) is 0 Å². The molecular weight excluding hydrogens is 338 g/mol. The lowest BCUT2D eigenvalue weighted by Gasteiger charge is -2.13. The van der Waals surface area contributed by atoms with Gasteiger partial charge in [0.1, 0.15) is 11.8 Å². The Morgan fingerprint density at radius 1 is 1.53 bits per heavy atom. The second kappa shape index (κ2) is 6.36. The summed E-state index contributed by atoms with van der Waals surface area (Å²) in [6.45, 7) is 1.59. The number of ether oxygens (including phenoxy) is 1. The van der Waals surface area contributed by atoms with Gasteiger partial charge < -0.3 is 9.84 Å². The van der Waals surface area contributed by atoms with Gasteiger partial charge in [-0.2, -0.15) is 4.72 Å². The molecule has 0 fully saturated rings. The Morgan fingerprint density at radius 2 is 2.16 bits per heavy atom. The fourth-order valence-electron chi connectivity index (χ4n) is 1.38. The number of carboxylic acids is 1. The highest BCUT2D eigenvalue weighted by molar-refractivity contribution is 9.10. The van der Waals surface area contributed by atoms with Crippen molar-refractivity contribution in [2.24, 2.45) is 0 Å². The molecule has 0 spiro atoms. The summed E-state index contributed by atoms with van der Waals surface area (Å²) in [5, 5.41) is 8.86. The van der Waals surface area contributed by atoms with Crippen molar-refractivity contribution in [3.63, 3.8) is 0 Å². The number of carbonyl (C=O) groups is 1. The molecule has 0 amide bonds. The molecule has 0 aliphatic carbocycles. The van der Waals surface area contributed by atoms with Crippen molar-refractivity contribution in [2.75, 3.05) is 7.11 Å². The van der Waals surface area contributed by atoms with Gasteiger partial charge in [-0.3, -0.25) is 4.79 Å². The summed E-state index contributed by atoms with van der Waals surface area (Å²) in [5.74, 6) is -0.720. The Balaban J connectivity index is 3.07. The van der Waals surface area contributed by atoms with Crippen LogP contribution in [0.2, 0.25) is 0 Å². The van der Waals surface area contributed by atoms with Crippen molar-refractivity contribution in [3.8, 4) is 5.75 Å². The van der Waals surface area contributed by atoms with Crippen molar-refractivity contribution in [2.45, 2.75) is 24.3 Å². The maximum Gasteiger partial charge on any atom is 0.321 e. The van der Waals surface area contributed by atoms with Crippen molar-refractivity contribution in [1.29, 1.82) is 0 Å². The topological polar surface area (TPSA) is 92.7 Å². The van der Waals surface area contributed by atoms with E-state index in [9.17, 15) is 13.2 Å². The second-order valence-corrected chi connectivity index (χ2v) is 6.29. The average Bonchev–Trinajstić information content (AvgIpc) is 2.35. The first-order chi connectivity index (χ1) is 8.81. The molecule has 2 N–H and O–H groups in total. The molecule has 0 radical (unpaired) electrons. The number of methoxy groups -OCH3 is 1. The van der Waals surface area contributed by atoms with Crippen LogP contribution in [0, 0.1) is 0 Å². The first kappa shape index (κ1) is 15.9. The molecular formula is C11H14BrNO5S. The molecule has 0 aliphatic heterocycles. The molecule has 1 aromatic carbocycles. The molecule has 106 valence electrons. The lowest BCUT2D eigenvalue weighted by atomic mass is 10.2. The molecule has 6 nitrogen and oxygen atoms in total. The average molecular weight is 352 g/mol. The zero-order valence-electron chi connectivity index (χ0n) is 10.4. The number of rotatable bonds is 6. The predicted octanol–water partition coefficient (Wildman–Crippen LogP) is 1.60. The fourth-order valence-corrected chi connectivity index (χ4v) is 3.37. The van der Waals surface area contributed by atoms with E-state index < -0.39 is 22.0 Å². The molecule has 0 bridgehead atoms. The van der Waals surface area contributed by atoms with Crippen LogP contribution in [-0.4, -0.2) is 32.6 Å². The highest BCUT2D eigenvalue weighted by Gasteiger charge is 2.24. The van der Waals surface area contributed by atoms with Gasteiger partial charge in [0.2, 0.25) is 10.0 Å². The van der Waals surface area contributed by atoms with Gasteiger partial charge in [-0.25, -0.2) is 8.42 Å². The van der Waals surface area contributed by atoms with Crippen molar-refractivity contribution < 1.29 is 23.1 Å². The van der Waals surface area contributed by atoms with Gasteiger partial charge in [0.15, 0.2) is 0 Å². The fraction of sp³-hybridized carbons (Fsp3) is 0.364. The number of hydrogen-bond donors (Lipinski definition) is 2. The lowest BCUT2D eigenvalue weighted by Crippen LogP contribution is -2.40. The first-order valence-electron chi connectivity index (χ1n) is 5.40. The van der Waals surface area contributed by atoms with Crippen molar-refractivity contribution in [1.82, 2.24) is 4.72 Å². The Labute approximate surface area is 120 Å². The largest absolute Gasteiger partial charge is 0.496 e. The molecule has 0 saturated carbocycles. The van der Waals surface area contributed by atoms with Crippen LogP contribution in [0.5, 0.6) is 5.75 Å². The third-order valence-corrected chi connectivity index (χ3v) is 4.53. The molecule has 0 aliphatic rings. The molecule has 19 heavy (non-hydrogen) atoms. The van der Waals surface area contributed by atoms with Gasteiger partial charge in [-0.1, -0.05) is 6.92 Å². The van der Waals surface area contributed by atoms with Crippen LogP contribution in [-0.2, 0) is 14.8 Å². The molecule has 0 saturated heterocycles. The third-order valence-electron chi connectivity index (χ3n) is 2.44. The maximum atomic E-state index is 12.0. The van der Waals surface area contributed by atoms with Gasteiger partial charge in [-0.15, -0.1) is 0 Å². The van der Waals surface area contributed by atoms with E-state index in [0.29, 0.717) is 10.2 Å². The zero-order valence-corrected chi connectivity index (χ0v) is 12.8. The summed E-state index contributed by atoms with van der Waals surface area (Å²) < 4.78 is 31.6. The van der Waals surface area contributed by atoms with E-state index in [2.05, 4.69) is 20.7 Å². The summed E-state index contributed by atoms with van der Waals surface area (Å²) in [5.41, 5.74) is 0. The van der Waals surface area contributed by atoms with E-state index in [1.807, 2.05) is 0 Å². The Hall–Kier alpha value is -1.12. The van der Waals surface area contributed by atoms with Crippen molar-refractivity contribution >= 4 is 31.9 Å². The van der Waals surface area contributed by atoms with Crippen molar-refractivity contribution in [3.05, 3.63) is 22.7 Å². The standard InChI is InChI=1S/C11H14BrNO5S/c1-3-9(11(14)15)13-19(16,17)7-4-5-10(18-2)8(12)6-7/h4-6,9,13H,3H2,1-2H3,(H,14,15)/t9-/m0/s1. The smallest absolute Gasteiger partial charge is 0.321 e. The number of nitrogens with one attached hydrogen (secondary N) is 1. The molecule has 0 heterocycles. The summed E-state index contributed by atoms with van der Waals surface area (Å²) in [7, 11) is -2.42. The summed E-state index contributed by atoms with van der Waals surface area (Å²) in [6.07, 6.45) is 0.159. The van der Waals surface area contributed by atoms with E-state index >= 15 is 0 Å². The summed E-state index contributed by atoms with van der Waals surface area (Å²) >= 11 is 3.18. The minimum atomic E-state index is -3.88. The maximum absolute atomic E-state index is 12.0. The highest BCUT2D eigenvalue weighted by Crippen LogP contribution is 2.27. The zero-order chi connectivity index (χ0) is 14.6. The molecule has 1 atom stereocenters. The Bertz CT molecular complexity index is 572. The third kappa shape index (κ3) is 3.92. The molecule has 8 heteroatoms. The van der Waals surface area contributed by atoms with Crippen LogP contribution in [0.15, 0.2) is 27.6 Å². The number of carboxylic acid groups (broad SMARTS) is 1. The van der Waals surface area contributed by atoms with Crippen LogP contribution in [0.4, 0.5) is 0 Å². The van der Waals surface area contributed by atoms with E-state index in [1.165, 1.54) is 25.3 Å². The summed E-state index contributed by atoms with van der Waals surface area (Å²) in [6, 6.07) is 3.04. The number of aliphatic carboxylic acids is 1. The second-order valence-electron chi connectivity index (χ2n) is 3.72. The minimum absolute atomic E-state index is 0.0279. The monoisotopic (exact) mass is 351 g/mol. The van der Waals surface area contributed by atoms with Gasteiger partial charge in [-0.05, 0) is 40.5 Å². The first-order valence-corrected chi connectivity index (χ1v) is 7.68. The van der Waals surface area contributed by atoms with Crippen LogP contribution in [0.3, 0.4) is 0 Å². The molecule has 1 aromatic rings. The van der Waals surface area contributed by atoms with E-state index in [0.717, 1.165) is 0 Å². The Kier molecular flexibility index (Phi) is 5.33. The van der Waals surface area contributed by atoms with Gasteiger partial charge in [0.25, 0.3) is 0 Å². The molecule has 0 unspecified atom stereocenters. The van der Waals surface area contributed by atoms with Crippen LogP contribution >= 0.6 is 15.9 Å². The number of sulfonamides is 1. The van der Waals surface area contributed by atoms with Gasteiger partial charge in [0.05, 0.1) is 16.5 Å². The highest BCUT2D eigenvalue weighted by atomic mass is 79.9. The number of benzene rings is 1. The van der Waals surface area contributed by atoms with Gasteiger partial charge in [0, 0.05) is 0 Å². The lowest BCUT2D eigenvalue weighted by molar-refractivity contribution is -0.139. The molecule has 0 aromatic heterocycles. The van der Waals surface area contributed by atoms with E-state index in [4.69, 9.17) is 9.84 Å². The van der Waals surface area contributed by atoms with Crippen LogP contribution in [0.1, 0.15) is 13.3 Å². The SMILES string of the molecule is CC[C@H](NS(=O)(=O)c1ccc(OC)c(Br)c1)C(=O)O. The summed E-state index contributed by atoms with van der Waals surface area (Å²) in [4.78, 5) is 10.8. The van der Waals surface area contributed by atoms with E-state index in [-0.39, 0.29) is 11.3 Å².